The summed E-state index contributed by atoms with van der Waals surface area (Å²) in [6.45, 7) is 4.53. The number of hydrogen-bond acceptors (Lipinski definition) is 2. The van der Waals surface area contributed by atoms with Crippen LogP contribution in [0.2, 0.25) is 0 Å². The first-order valence-corrected chi connectivity index (χ1v) is 6.20. The molecule has 1 saturated carbocycles. The zero-order valence-corrected chi connectivity index (χ0v) is 9.82. The lowest BCUT2D eigenvalue weighted by Crippen LogP contribution is -2.17. The van der Waals surface area contributed by atoms with E-state index in [1.54, 1.807) is 0 Å². The summed E-state index contributed by atoms with van der Waals surface area (Å²) in [6, 6.07) is 0.610. The molecule has 1 heterocycles. The maximum atomic E-state index is 4.25. The van der Waals surface area contributed by atoms with Gasteiger partial charge < -0.3 is 0 Å². The van der Waals surface area contributed by atoms with Gasteiger partial charge in [0, 0.05) is 6.20 Å². The van der Waals surface area contributed by atoms with Crippen molar-refractivity contribution < 1.29 is 0 Å². The molecule has 1 aromatic heterocycles. The zero-order valence-electron chi connectivity index (χ0n) is 9.82. The maximum absolute atomic E-state index is 4.25. The lowest BCUT2D eigenvalue weighted by molar-refractivity contribution is 0.270. The van der Waals surface area contributed by atoms with E-state index in [4.69, 9.17) is 0 Å². The zero-order chi connectivity index (χ0) is 10.7. The molecule has 0 N–H and O–H groups in total. The summed E-state index contributed by atoms with van der Waals surface area (Å²) in [5.74, 6) is 0.903. The molecule has 0 atom stereocenters. The van der Waals surface area contributed by atoms with E-state index in [1.807, 2.05) is 0 Å². The van der Waals surface area contributed by atoms with E-state index in [1.165, 1.54) is 25.7 Å². The standard InChI is InChI=1S/C12H21N3/c1-3-4-11-9-15(14-13-11)12-7-5-10(2)6-8-12/h9-10,12H,3-8H2,1-2H3. The van der Waals surface area contributed by atoms with E-state index in [-0.39, 0.29) is 0 Å². The summed E-state index contributed by atoms with van der Waals surface area (Å²) in [6.07, 6.45) is 9.58. The van der Waals surface area contributed by atoms with Gasteiger partial charge in [0.15, 0.2) is 0 Å². The SMILES string of the molecule is CCCc1cn(C2CCC(C)CC2)nn1. The first kappa shape index (κ1) is 10.7. The van der Waals surface area contributed by atoms with E-state index in [0.717, 1.165) is 24.5 Å². The minimum atomic E-state index is 0.610. The fraction of sp³-hybridized carbons (Fsp3) is 0.833. The van der Waals surface area contributed by atoms with Crippen LogP contribution in [0.5, 0.6) is 0 Å². The Morgan fingerprint density at radius 1 is 1.33 bits per heavy atom. The highest BCUT2D eigenvalue weighted by atomic mass is 15.4. The van der Waals surface area contributed by atoms with Crippen LogP contribution in [0, 0.1) is 5.92 Å². The fourth-order valence-corrected chi connectivity index (χ4v) is 2.37. The van der Waals surface area contributed by atoms with Gasteiger partial charge in [-0.1, -0.05) is 25.5 Å². The lowest BCUT2D eigenvalue weighted by atomic mass is 9.87. The van der Waals surface area contributed by atoms with Crippen molar-refractivity contribution in [1.82, 2.24) is 15.0 Å². The van der Waals surface area contributed by atoms with Gasteiger partial charge in [0.1, 0.15) is 0 Å². The van der Waals surface area contributed by atoms with Crippen LogP contribution in [0.25, 0.3) is 0 Å². The van der Waals surface area contributed by atoms with Crippen LogP contribution < -0.4 is 0 Å². The second-order valence-electron chi connectivity index (χ2n) is 4.85. The molecule has 0 aliphatic heterocycles. The summed E-state index contributed by atoms with van der Waals surface area (Å²) in [5, 5.41) is 8.46. The third kappa shape index (κ3) is 2.58. The molecule has 0 amide bonds. The van der Waals surface area contributed by atoms with Crippen LogP contribution in [0.1, 0.15) is 57.7 Å². The average Bonchev–Trinajstić information content (AvgIpc) is 2.68. The van der Waals surface area contributed by atoms with Crippen LogP contribution in [0.15, 0.2) is 6.20 Å². The topological polar surface area (TPSA) is 30.7 Å². The van der Waals surface area contributed by atoms with Crippen LogP contribution in [-0.4, -0.2) is 15.0 Å². The predicted octanol–water partition coefficient (Wildman–Crippen LogP) is 2.98. The quantitative estimate of drug-likeness (QED) is 0.763. The normalized spacial score (nSPS) is 26.8. The van der Waals surface area contributed by atoms with Crippen LogP contribution in [0.4, 0.5) is 0 Å². The Morgan fingerprint density at radius 2 is 2.07 bits per heavy atom. The van der Waals surface area contributed by atoms with E-state index in [0.29, 0.717) is 6.04 Å². The van der Waals surface area contributed by atoms with Crippen molar-refractivity contribution in [3.8, 4) is 0 Å². The van der Waals surface area contributed by atoms with Crippen molar-refractivity contribution in [3.05, 3.63) is 11.9 Å². The molecule has 1 fully saturated rings. The van der Waals surface area contributed by atoms with Crippen molar-refractivity contribution in [1.29, 1.82) is 0 Å². The Morgan fingerprint density at radius 3 is 2.73 bits per heavy atom. The summed E-state index contributed by atoms with van der Waals surface area (Å²) in [5.41, 5.74) is 1.15. The molecule has 0 bridgehead atoms. The second-order valence-corrected chi connectivity index (χ2v) is 4.85. The molecule has 15 heavy (non-hydrogen) atoms. The Balaban J connectivity index is 1.96. The summed E-state index contributed by atoms with van der Waals surface area (Å²) in [7, 11) is 0. The van der Waals surface area contributed by atoms with Gasteiger partial charge in [-0.05, 0) is 38.0 Å². The summed E-state index contributed by atoms with van der Waals surface area (Å²) >= 11 is 0. The van der Waals surface area contributed by atoms with Gasteiger partial charge in [0.2, 0.25) is 0 Å². The van der Waals surface area contributed by atoms with Crippen LogP contribution >= 0.6 is 0 Å². The second kappa shape index (κ2) is 4.77. The largest absolute Gasteiger partial charge is 0.249 e. The van der Waals surface area contributed by atoms with E-state index in [2.05, 4.69) is 35.0 Å². The third-order valence-corrected chi connectivity index (χ3v) is 3.42. The maximum Gasteiger partial charge on any atom is 0.0827 e. The fourth-order valence-electron chi connectivity index (χ4n) is 2.37. The molecule has 0 spiro atoms. The molecule has 2 rings (SSSR count). The van der Waals surface area contributed by atoms with Crippen LogP contribution in [0.3, 0.4) is 0 Å². The van der Waals surface area contributed by atoms with Crippen molar-refractivity contribution in [2.45, 2.75) is 58.4 Å². The highest BCUT2D eigenvalue weighted by Crippen LogP contribution is 2.31. The van der Waals surface area contributed by atoms with Gasteiger partial charge in [0.25, 0.3) is 0 Å². The van der Waals surface area contributed by atoms with Crippen molar-refractivity contribution in [3.63, 3.8) is 0 Å². The molecular weight excluding hydrogens is 186 g/mol. The molecular formula is C12H21N3. The Bertz CT molecular complexity index is 298. The first-order chi connectivity index (χ1) is 7.29. The number of aromatic nitrogens is 3. The molecule has 3 nitrogen and oxygen atoms in total. The Hall–Kier alpha value is -0.860. The van der Waals surface area contributed by atoms with Gasteiger partial charge >= 0.3 is 0 Å². The molecule has 0 aromatic carbocycles. The van der Waals surface area contributed by atoms with E-state index < -0.39 is 0 Å². The van der Waals surface area contributed by atoms with E-state index in [9.17, 15) is 0 Å². The Labute approximate surface area is 91.9 Å². The average molecular weight is 207 g/mol. The third-order valence-electron chi connectivity index (χ3n) is 3.42. The molecule has 1 aliphatic rings. The number of aryl methyl sites for hydroxylation is 1. The first-order valence-electron chi connectivity index (χ1n) is 6.20. The van der Waals surface area contributed by atoms with Gasteiger partial charge in [-0.2, -0.15) is 0 Å². The predicted molar refractivity (Wildman–Crippen MR) is 60.7 cm³/mol. The molecule has 84 valence electrons. The van der Waals surface area contributed by atoms with Crippen molar-refractivity contribution >= 4 is 0 Å². The van der Waals surface area contributed by atoms with Gasteiger partial charge in [-0.3, -0.25) is 0 Å². The minimum Gasteiger partial charge on any atom is -0.249 e. The monoisotopic (exact) mass is 207 g/mol. The Kier molecular flexibility index (Phi) is 3.39. The van der Waals surface area contributed by atoms with Crippen molar-refractivity contribution in [2.24, 2.45) is 5.92 Å². The van der Waals surface area contributed by atoms with Gasteiger partial charge in [0.05, 0.1) is 11.7 Å². The molecule has 1 aliphatic carbocycles. The van der Waals surface area contributed by atoms with Crippen molar-refractivity contribution in [2.75, 3.05) is 0 Å². The molecule has 3 heteroatoms. The van der Waals surface area contributed by atoms with E-state index >= 15 is 0 Å². The molecule has 0 radical (unpaired) electrons. The smallest absolute Gasteiger partial charge is 0.0827 e. The number of rotatable bonds is 3. The number of nitrogens with zero attached hydrogens (tertiary/aromatic N) is 3. The number of hydrogen-bond donors (Lipinski definition) is 0. The lowest BCUT2D eigenvalue weighted by Gasteiger charge is -2.25. The van der Waals surface area contributed by atoms with Crippen LogP contribution in [-0.2, 0) is 6.42 Å². The summed E-state index contributed by atoms with van der Waals surface area (Å²) in [4.78, 5) is 0. The summed E-state index contributed by atoms with van der Waals surface area (Å²) < 4.78 is 2.09. The minimum absolute atomic E-state index is 0.610. The van der Waals surface area contributed by atoms with Gasteiger partial charge in [-0.25, -0.2) is 4.68 Å². The molecule has 1 aromatic rings. The van der Waals surface area contributed by atoms with Gasteiger partial charge in [-0.15, -0.1) is 5.10 Å². The highest BCUT2D eigenvalue weighted by Gasteiger charge is 2.20. The highest BCUT2D eigenvalue weighted by molar-refractivity contribution is 4.93. The molecule has 0 saturated heterocycles. The molecule has 0 unspecified atom stereocenters.